The molecule has 0 aliphatic carbocycles. The summed E-state index contributed by atoms with van der Waals surface area (Å²) >= 11 is 0. The summed E-state index contributed by atoms with van der Waals surface area (Å²) in [7, 11) is 1.66. The van der Waals surface area contributed by atoms with Crippen molar-refractivity contribution in [1.29, 1.82) is 0 Å². The maximum atomic E-state index is 11.5. The molecule has 0 bridgehead atoms. The van der Waals surface area contributed by atoms with Crippen molar-refractivity contribution >= 4 is 5.91 Å². The Hall–Kier alpha value is -1.39. The molecule has 0 spiro atoms. The molecule has 0 atom stereocenters. The van der Waals surface area contributed by atoms with E-state index in [0.717, 1.165) is 19.4 Å². The number of benzene rings is 1. The van der Waals surface area contributed by atoms with Crippen molar-refractivity contribution in [3.63, 3.8) is 0 Å². The molecular formula is C15H24N2O2. The summed E-state index contributed by atoms with van der Waals surface area (Å²) < 4.78 is 4.92. The van der Waals surface area contributed by atoms with Gasteiger partial charge in [0.2, 0.25) is 5.91 Å². The van der Waals surface area contributed by atoms with Crippen LogP contribution in [0, 0.1) is 6.92 Å². The third-order valence-corrected chi connectivity index (χ3v) is 2.97. The second-order valence-corrected chi connectivity index (χ2v) is 4.55. The van der Waals surface area contributed by atoms with E-state index in [2.05, 4.69) is 29.7 Å². The predicted octanol–water partition coefficient (Wildman–Crippen LogP) is 1.28. The Morgan fingerprint density at radius 1 is 1.26 bits per heavy atom. The van der Waals surface area contributed by atoms with Gasteiger partial charge >= 0.3 is 0 Å². The van der Waals surface area contributed by atoms with E-state index in [-0.39, 0.29) is 5.91 Å². The van der Waals surface area contributed by atoms with Crippen molar-refractivity contribution < 1.29 is 9.53 Å². The second kappa shape index (κ2) is 9.53. The van der Waals surface area contributed by atoms with Crippen LogP contribution in [0.2, 0.25) is 0 Å². The standard InChI is InChI=1S/C15H24N2O2/c1-13-6-3-4-7-14(13)8-10-16-12-15(18)17-9-5-11-19-2/h3-4,6-7,16H,5,8-12H2,1-2H3,(H,17,18). The van der Waals surface area contributed by atoms with E-state index >= 15 is 0 Å². The summed E-state index contributed by atoms with van der Waals surface area (Å²) in [4.78, 5) is 11.5. The number of rotatable bonds is 9. The maximum absolute atomic E-state index is 11.5. The Morgan fingerprint density at radius 2 is 2.05 bits per heavy atom. The first kappa shape index (κ1) is 15.7. The third kappa shape index (κ3) is 6.94. The fraction of sp³-hybridized carbons (Fsp3) is 0.533. The molecule has 4 heteroatoms. The van der Waals surface area contributed by atoms with Gasteiger partial charge in [-0.3, -0.25) is 4.79 Å². The highest BCUT2D eigenvalue weighted by atomic mass is 16.5. The molecule has 0 aromatic heterocycles. The fourth-order valence-electron chi connectivity index (χ4n) is 1.82. The fourth-order valence-corrected chi connectivity index (χ4v) is 1.82. The number of hydrogen-bond donors (Lipinski definition) is 2. The number of carbonyl (C=O) groups is 1. The molecule has 0 unspecified atom stereocenters. The van der Waals surface area contributed by atoms with Crippen molar-refractivity contribution in [3.8, 4) is 0 Å². The van der Waals surface area contributed by atoms with Crippen LogP contribution in [-0.2, 0) is 16.0 Å². The van der Waals surface area contributed by atoms with Crippen molar-refractivity contribution in [2.75, 3.05) is 33.4 Å². The second-order valence-electron chi connectivity index (χ2n) is 4.55. The molecule has 1 aromatic carbocycles. The Labute approximate surface area is 115 Å². The topological polar surface area (TPSA) is 50.4 Å². The Balaban J connectivity index is 2.07. The molecule has 106 valence electrons. The van der Waals surface area contributed by atoms with Gasteiger partial charge < -0.3 is 15.4 Å². The van der Waals surface area contributed by atoms with E-state index in [9.17, 15) is 4.79 Å². The molecule has 4 nitrogen and oxygen atoms in total. The van der Waals surface area contributed by atoms with Gasteiger partial charge in [0.15, 0.2) is 0 Å². The third-order valence-electron chi connectivity index (χ3n) is 2.97. The molecule has 1 aromatic rings. The molecule has 0 aliphatic heterocycles. The molecule has 2 N–H and O–H groups in total. The lowest BCUT2D eigenvalue weighted by Crippen LogP contribution is -2.35. The minimum atomic E-state index is 0.0425. The number of hydrogen-bond acceptors (Lipinski definition) is 3. The zero-order valence-electron chi connectivity index (χ0n) is 11.9. The zero-order chi connectivity index (χ0) is 13.9. The number of ether oxygens (including phenoxy) is 1. The lowest BCUT2D eigenvalue weighted by atomic mass is 10.1. The summed E-state index contributed by atoms with van der Waals surface area (Å²) in [6.07, 6.45) is 1.80. The first-order valence-corrected chi connectivity index (χ1v) is 6.75. The van der Waals surface area contributed by atoms with Crippen LogP contribution in [0.3, 0.4) is 0 Å². The molecule has 0 heterocycles. The van der Waals surface area contributed by atoms with E-state index in [4.69, 9.17) is 4.74 Å². The highest BCUT2D eigenvalue weighted by molar-refractivity contribution is 5.77. The molecule has 1 rings (SSSR count). The van der Waals surface area contributed by atoms with Crippen LogP contribution in [0.1, 0.15) is 17.5 Å². The minimum absolute atomic E-state index is 0.0425. The summed E-state index contributed by atoms with van der Waals surface area (Å²) in [5, 5.41) is 6.00. The van der Waals surface area contributed by atoms with Crippen LogP contribution in [-0.4, -0.2) is 39.3 Å². The van der Waals surface area contributed by atoms with Gasteiger partial charge in [0.25, 0.3) is 0 Å². The smallest absolute Gasteiger partial charge is 0.233 e. The average molecular weight is 264 g/mol. The summed E-state index contributed by atoms with van der Waals surface area (Å²) in [6.45, 7) is 4.65. The van der Waals surface area contributed by atoms with E-state index in [1.807, 2.05) is 12.1 Å². The van der Waals surface area contributed by atoms with Crippen molar-refractivity contribution in [3.05, 3.63) is 35.4 Å². The SMILES string of the molecule is COCCCNC(=O)CNCCc1ccccc1C. The maximum Gasteiger partial charge on any atom is 0.233 e. The van der Waals surface area contributed by atoms with Crippen LogP contribution >= 0.6 is 0 Å². The Bertz CT molecular complexity index is 380. The lowest BCUT2D eigenvalue weighted by Gasteiger charge is -2.08. The van der Waals surface area contributed by atoms with Crippen molar-refractivity contribution in [1.82, 2.24) is 10.6 Å². The first-order valence-electron chi connectivity index (χ1n) is 6.75. The molecule has 0 aliphatic rings. The minimum Gasteiger partial charge on any atom is -0.385 e. The van der Waals surface area contributed by atoms with E-state index < -0.39 is 0 Å². The highest BCUT2D eigenvalue weighted by Crippen LogP contribution is 2.06. The van der Waals surface area contributed by atoms with Gasteiger partial charge in [-0.25, -0.2) is 0 Å². The highest BCUT2D eigenvalue weighted by Gasteiger charge is 2.00. The van der Waals surface area contributed by atoms with Gasteiger partial charge in [0, 0.05) is 20.3 Å². The van der Waals surface area contributed by atoms with E-state index in [1.54, 1.807) is 7.11 Å². The lowest BCUT2D eigenvalue weighted by molar-refractivity contribution is -0.120. The van der Waals surface area contributed by atoms with Gasteiger partial charge in [-0.1, -0.05) is 24.3 Å². The van der Waals surface area contributed by atoms with Crippen LogP contribution in [0.25, 0.3) is 0 Å². The van der Waals surface area contributed by atoms with Crippen molar-refractivity contribution in [2.24, 2.45) is 0 Å². The van der Waals surface area contributed by atoms with E-state index in [0.29, 0.717) is 19.7 Å². The summed E-state index contributed by atoms with van der Waals surface area (Å²) in [6, 6.07) is 8.32. The van der Waals surface area contributed by atoms with Gasteiger partial charge in [-0.05, 0) is 37.4 Å². The quantitative estimate of drug-likeness (QED) is 0.661. The number of amides is 1. The molecule has 1 amide bonds. The van der Waals surface area contributed by atoms with Crippen LogP contribution in [0.4, 0.5) is 0 Å². The number of methoxy groups -OCH3 is 1. The molecule has 0 saturated heterocycles. The number of carbonyl (C=O) groups excluding carboxylic acids is 1. The normalized spacial score (nSPS) is 10.4. The average Bonchev–Trinajstić information content (AvgIpc) is 2.41. The van der Waals surface area contributed by atoms with Gasteiger partial charge in [-0.15, -0.1) is 0 Å². The van der Waals surface area contributed by atoms with Crippen LogP contribution < -0.4 is 10.6 Å². The van der Waals surface area contributed by atoms with Gasteiger partial charge in [0.05, 0.1) is 6.54 Å². The van der Waals surface area contributed by atoms with Crippen LogP contribution in [0.5, 0.6) is 0 Å². The monoisotopic (exact) mass is 264 g/mol. The van der Waals surface area contributed by atoms with Crippen molar-refractivity contribution in [2.45, 2.75) is 19.8 Å². The number of nitrogens with one attached hydrogen (secondary N) is 2. The molecule has 0 fully saturated rings. The molecule has 0 saturated carbocycles. The Kier molecular flexibility index (Phi) is 7.86. The molecule has 0 radical (unpaired) electrons. The largest absolute Gasteiger partial charge is 0.385 e. The molecule has 19 heavy (non-hydrogen) atoms. The van der Waals surface area contributed by atoms with Gasteiger partial charge in [-0.2, -0.15) is 0 Å². The Morgan fingerprint density at radius 3 is 2.79 bits per heavy atom. The van der Waals surface area contributed by atoms with E-state index in [1.165, 1.54) is 11.1 Å². The summed E-state index contributed by atoms with van der Waals surface area (Å²) in [5.74, 6) is 0.0425. The number of aryl methyl sites for hydroxylation is 1. The van der Waals surface area contributed by atoms with Crippen LogP contribution in [0.15, 0.2) is 24.3 Å². The molecular weight excluding hydrogens is 240 g/mol. The zero-order valence-corrected chi connectivity index (χ0v) is 11.9. The predicted molar refractivity (Wildman–Crippen MR) is 77.3 cm³/mol. The van der Waals surface area contributed by atoms with Gasteiger partial charge in [0.1, 0.15) is 0 Å². The first-order chi connectivity index (χ1) is 9.24. The summed E-state index contributed by atoms with van der Waals surface area (Å²) in [5.41, 5.74) is 2.63.